The molecule has 0 saturated carbocycles. The van der Waals surface area contributed by atoms with E-state index < -0.39 is 0 Å². The van der Waals surface area contributed by atoms with Gasteiger partial charge in [-0.2, -0.15) is 0 Å². The van der Waals surface area contributed by atoms with Crippen molar-refractivity contribution in [2.24, 2.45) is 0 Å². The molecule has 0 fully saturated rings. The summed E-state index contributed by atoms with van der Waals surface area (Å²) in [6.07, 6.45) is 0. The Kier molecular flexibility index (Phi) is 2.86. The number of hydrogen-bond acceptors (Lipinski definition) is 1. The molecular weight excluding hydrogens is 200 g/mol. The topological polar surface area (TPSA) is 32.3 Å². The van der Waals surface area contributed by atoms with Crippen LogP contribution in [-0.2, 0) is 13.1 Å². The highest BCUT2D eigenvalue weighted by Crippen LogP contribution is 2.23. The lowest BCUT2D eigenvalue weighted by molar-refractivity contribution is 0.196. The van der Waals surface area contributed by atoms with Crippen molar-refractivity contribution in [3.05, 3.63) is 34.9 Å². The van der Waals surface area contributed by atoms with Gasteiger partial charge in [-0.05, 0) is 31.9 Å². The fourth-order valence-electron chi connectivity index (χ4n) is 2.01. The Morgan fingerprint density at radius 2 is 2.00 bits per heavy atom. The molecule has 0 saturated heterocycles. The number of urea groups is 1. The molecule has 0 spiro atoms. The van der Waals surface area contributed by atoms with E-state index in [0.29, 0.717) is 0 Å². The van der Waals surface area contributed by atoms with Gasteiger partial charge >= 0.3 is 6.03 Å². The number of rotatable bonds is 1. The first-order valence-electron chi connectivity index (χ1n) is 5.70. The molecule has 3 nitrogen and oxygen atoms in total. The summed E-state index contributed by atoms with van der Waals surface area (Å²) in [5.41, 5.74) is 3.80. The fraction of sp³-hybridized carbons (Fsp3) is 0.462. The Bertz CT molecular complexity index is 412. The van der Waals surface area contributed by atoms with Gasteiger partial charge in [0.25, 0.3) is 0 Å². The van der Waals surface area contributed by atoms with Crippen molar-refractivity contribution in [1.82, 2.24) is 10.2 Å². The monoisotopic (exact) mass is 218 g/mol. The largest absolute Gasteiger partial charge is 0.336 e. The second-order valence-corrected chi connectivity index (χ2v) is 4.73. The molecule has 86 valence electrons. The van der Waals surface area contributed by atoms with E-state index >= 15 is 0 Å². The van der Waals surface area contributed by atoms with E-state index in [0.717, 1.165) is 13.1 Å². The van der Waals surface area contributed by atoms with Gasteiger partial charge in [0.1, 0.15) is 0 Å². The van der Waals surface area contributed by atoms with Gasteiger partial charge in [0.2, 0.25) is 0 Å². The Balaban J connectivity index is 2.08. The number of carbonyl (C=O) groups excluding carboxylic acids is 1. The summed E-state index contributed by atoms with van der Waals surface area (Å²) in [4.78, 5) is 13.7. The standard InChI is InChI=1S/C13H18N2O/c1-9(2)14-13(16)15-7-11-5-4-10(3)6-12(11)8-15/h4-6,9H,7-8H2,1-3H3,(H,14,16). The number of benzene rings is 1. The first-order chi connectivity index (χ1) is 7.56. The predicted molar refractivity (Wildman–Crippen MR) is 64.1 cm³/mol. The molecule has 3 heteroatoms. The number of amides is 2. The summed E-state index contributed by atoms with van der Waals surface area (Å²) in [5.74, 6) is 0. The van der Waals surface area contributed by atoms with Crippen LogP contribution in [0.3, 0.4) is 0 Å². The lowest BCUT2D eigenvalue weighted by Gasteiger charge is -2.18. The number of carbonyl (C=O) groups is 1. The van der Waals surface area contributed by atoms with E-state index in [9.17, 15) is 4.79 Å². The number of fused-ring (bicyclic) bond motifs is 1. The second kappa shape index (κ2) is 4.16. The van der Waals surface area contributed by atoms with Crippen LogP contribution in [-0.4, -0.2) is 17.0 Å². The minimum absolute atomic E-state index is 0.0313. The molecule has 1 aromatic carbocycles. The third-order valence-electron chi connectivity index (χ3n) is 2.78. The zero-order chi connectivity index (χ0) is 11.7. The Morgan fingerprint density at radius 1 is 1.31 bits per heavy atom. The molecule has 2 amide bonds. The van der Waals surface area contributed by atoms with Crippen molar-refractivity contribution >= 4 is 6.03 Å². The highest BCUT2D eigenvalue weighted by Gasteiger charge is 2.23. The maximum absolute atomic E-state index is 11.8. The fourth-order valence-corrected chi connectivity index (χ4v) is 2.01. The number of nitrogens with zero attached hydrogens (tertiary/aromatic N) is 1. The van der Waals surface area contributed by atoms with Crippen molar-refractivity contribution in [3.63, 3.8) is 0 Å². The van der Waals surface area contributed by atoms with E-state index in [-0.39, 0.29) is 12.1 Å². The molecule has 0 radical (unpaired) electrons. The highest BCUT2D eigenvalue weighted by molar-refractivity contribution is 5.75. The van der Waals surface area contributed by atoms with Crippen LogP contribution in [0.2, 0.25) is 0 Å². The maximum atomic E-state index is 11.8. The van der Waals surface area contributed by atoms with Crippen LogP contribution < -0.4 is 5.32 Å². The van der Waals surface area contributed by atoms with Crippen molar-refractivity contribution in [2.75, 3.05) is 0 Å². The van der Waals surface area contributed by atoms with Crippen LogP contribution in [0.4, 0.5) is 4.79 Å². The molecule has 0 aliphatic carbocycles. The van der Waals surface area contributed by atoms with E-state index in [1.807, 2.05) is 18.7 Å². The normalized spacial score (nSPS) is 14.1. The number of hydrogen-bond donors (Lipinski definition) is 1. The summed E-state index contributed by atoms with van der Waals surface area (Å²) in [5, 5.41) is 2.92. The summed E-state index contributed by atoms with van der Waals surface area (Å²) in [6.45, 7) is 7.50. The zero-order valence-electron chi connectivity index (χ0n) is 10.1. The lowest BCUT2D eigenvalue weighted by Crippen LogP contribution is -2.40. The molecule has 1 heterocycles. The van der Waals surface area contributed by atoms with Gasteiger partial charge in [0.05, 0.1) is 0 Å². The Hall–Kier alpha value is -1.51. The molecule has 1 aliphatic rings. The second-order valence-electron chi connectivity index (χ2n) is 4.73. The summed E-state index contributed by atoms with van der Waals surface area (Å²) in [7, 11) is 0. The van der Waals surface area contributed by atoms with Crippen molar-refractivity contribution in [1.29, 1.82) is 0 Å². The van der Waals surface area contributed by atoms with E-state index in [2.05, 4.69) is 30.4 Å². The quantitative estimate of drug-likeness (QED) is 0.771. The highest BCUT2D eigenvalue weighted by atomic mass is 16.2. The van der Waals surface area contributed by atoms with Gasteiger partial charge in [-0.25, -0.2) is 4.79 Å². The van der Waals surface area contributed by atoms with Gasteiger partial charge in [-0.3, -0.25) is 0 Å². The van der Waals surface area contributed by atoms with Crippen LogP contribution in [0.15, 0.2) is 18.2 Å². The molecule has 0 atom stereocenters. The molecule has 1 aliphatic heterocycles. The minimum Gasteiger partial charge on any atom is -0.336 e. The predicted octanol–water partition coefficient (Wildman–Crippen LogP) is 2.43. The average Bonchev–Trinajstić information content (AvgIpc) is 2.59. The molecular formula is C13H18N2O. The van der Waals surface area contributed by atoms with Gasteiger partial charge < -0.3 is 10.2 Å². The molecule has 0 aromatic heterocycles. The van der Waals surface area contributed by atoms with E-state index in [1.165, 1.54) is 16.7 Å². The molecule has 0 unspecified atom stereocenters. The van der Waals surface area contributed by atoms with Gasteiger partial charge in [-0.1, -0.05) is 23.8 Å². The molecule has 2 rings (SSSR count). The molecule has 16 heavy (non-hydrogen) atoms. The van der Waals surface area contributed by atoms with Crippen molar-refractivity contribution in [2.45, 2.75) is 39.9 Å². The minimum atomic E-state index is 0.0313. The van der Waals surface area contributed by atoms with Crippen molar-refractivity contribution < 1.29 is 4.79 Å². The lowest BCUT2D eigenvalue weighted by atomic mass is 10.1. The first-order valence-corrected chi connectivity index (χ1v) is 5.70. The molecule has 1 aromatic rings. The average molecular weight is 218 g/mol. The Morgan fingerprint density at radius 3 is 2.69 bits per heavy atom. The van der Waals surface area contributed by atoms with Crippen LogP contribution in [0.5, 0.6) is 0 Å². The summed E-state index contributed by atoms with van der Waals surface area (Å²) < 4.78 is 0. The molecule has 0 bridgehead atoms. The number of nitrogens with one attached hydrogen (secondary N) is 1. The SMILES string of the molecule is Cc1ccc2c(c1)CN(C(=O)NC(C)C)C2. The Labute approximate surface area is 96.5 Å². The van der Waals surface area contributed by atoms with Crippen molar-refractivity contribution in [3.8, 4) is 0 Å². The van der Waals surface area contributed by atoms with Crippen LogP contribution >= 0.6 is 0 Å². The van der Waals surface area contributed by atoms with E-state index in [4.69, 9.17) is 0 Å². The van der Waals surface area contributed by atoms with Crippen LogP contribution in [0.25, 0.3) is 0 Å². The third-order valence-corrected chi connectivity index (χ3v) is 2.78. The van der Waals surface area contributed by atoms with Gasteiger partial charge in [-0.15, -0.1) is 0 Å². The third kappa shape index (κ3) is 2.18. The van der Waals surface area contributed by atoms with Gasteiger partial charge in [0, 0.05) is 19.1 Å². The molecule has 1 N–H and O–H groups in total. The van der Waals surface area contributed by atoms with Gasteiger partial charge in [0.15, 0.2) is 0 Å². The first kappa shape index (κ1) is 11.0. The smallest absolute Gasteiger partial charge is 0.318 e. The van der Waals surface area contributed by atoms with Crippen LogP contribution in [0, 0.1) is 6.92 Å². The number of aryl methyl sites for hydroxylation is 1. The zero-order valence-corrected chi connectivity index (χ0v) is 10.1. The summed E-state index contributed by atoms with van der Waals surface area (Å²) in [6, 6.07) is 6.61. The maximum Gasteiger partial charge on any atom is 0.318 e. The van der Waals surface area contributed by atoms with E-state index in [1.54, 1.807) is 0 Å². The summed E-state index contributed by atoms with van der Waals surface area (Å²) >= 11 is 0. The van der Waals surface area contributed by atoms with Crippen LogP contribution in [0.1, 0.15) is 30.5 Å².